The Balaban J connectivity index is 1.85. The molecule has 0 spiro atoms. The summed E-state index contributed by atoms with van der Waals surface area (Å²) in [6.45, 7) is 5.88. The van der Waals surface area contributed by atoms with Crippen molar-refractivity contribution in [1.29, 1.82) is 0 Å². The van der Waals surface area contributed by atoms with Gasteiger partial charge in [-0.3, -0.25) is 0 Å². The van der Waals surface area contributed by atoms with Crippen LogP contribution < -0.4 is 10.0 Å². The third-order valence-corrected chi connectivity index (χ3v) is 4.51. The molecule has 2 amide bonds. The Bertz CT molecular complexity index is 797. The highest BCUT2D eigenvalue weighted by molar-refractivity contribution is 7.90. The van der Waals surface area contributed by atoms with Crippen molar-refractivity contribution in [3.05, 3.63) is 41.6 Å². The summed E-state index contributed by atoms with van der Waals surface area (Å²) in [5.41, 5.74) is 0.929. The van der Waals surface area contributed by atoms with Crippen LogP contribution in [0.5, 0.6) is 0 Å². The number of amides is 2. The zero-order chi connectivity index (χ0) is 17.7. The molecular weight excluding hydrogens is 332 g/mol. The zero-order valence-electron chi connectivity index (χ0n) is 13.7. The van der Waals surface area contributed by atoms with E-state index in [0.717, 1.165) is 5.56 Å². The topological polar surface area (TPSA) is 114 Å². The maximum atomic E-state index is 12.1. The summed E-state index contributed by atoms with van der Waals surface area (Å²) in [7, 11) is -3.89. The summed E-state index contributed by atoms with van der Waals surface area (Å²) in [6, 6.07) is 5.40. The van der Waals surface area contributed by atoms with Crippen LogP contribution in [0.25, 0.3) is 0 Å². The average molecular weight is 352 g/mol. The standard InChI is InChI=1S/C15H20N4O4S/c1-10(2)14-18-17-13(23-14)8-9-16-15(20)19-24(21,22)12-6-4-11(3)5-7-12/h4-7,10H,8-9H2,1-3H3,(H2,16,19,20). The molecule has 0 aliphatic heterocycles. The molecule has 8 nitrogen and oxygen atoms in total. The first kappa shape index (κ1) is 17.9. The molecule has 0 atom stereocenters. The van der Waals surface area contributed by atoms with E-state index in [0.29, 0.717) is 18.2 Å². The molecule has 2 aromatic rings. The number of hydrogen-bond acceptors (Lipinski definition) is 6. The van der Waals surface area contributed by atoms with Crippen molar-refractivity contribution in [2.45, 2.75) is 38.0 Å². The van der Waals surface area contributed by atoms with Crippen molar-refractivity contribution in [2.24, 2.45) is 0 Å². The highest BCUT2D eigenvalue weighted by Crippen LogP contribution is 2.12. The molecule has 1 heterocycles. The van der Waals surface area contributed by atoms with Gasteiger partial charge in [-0.25, -0.2) is 17.9 Å². The fraction of sp³-hybridized carbons (Fsp3) is 0.400. The van der Waals surface area contributed by atoms with Crippen molar-refractivity contribution in [2.75, 3.05) is 6.54 Å². The van der Waals surface area contributed by atoms with Gasteiger partial charge in [0.1, 0.15) is 0 Å². The Morgan fingerprint density at radius 1 is 1.21 bits per heavy atom. The van der Waals surface area contributed by atoms with Crippen molar-refractivity contribution >= 4 is 16.1 Å². The Morgan fingerprint density at radius 2 is 1.88 bits per heavy atom. The Morgan fingerprint density at radius 3 is 2.46 bits per heavy atom. The van der Waals surface area contributed by atoms with E-state index < -0.39 is 16.1 Å². The Labute approximate surface area is 140 Å². The molecular formula is C15H20N4O4S. The number of urea groups is 1. The van der Waals surface area contributed by atoms with Gasteiger partial charge in [0.15, 0.2) is 0 Å². The van der Waals surface area contributed by atoms with Gasteiger partial charge in [-0.05, 0) is 19.1 Å². The maximum absolute atomic E-state index is 12.1. The Hall–Kier alpha value is -2.42. The zero-order valence-corrected chi connectivity index (χ0v) is 14.6. The van der Waals surface area contributed by atoms with Crippen molar-refractivity contribution in [3.8, 4) is 0 Å². The largest absolute Gasteiger partial charge is 0.425 e. The van der Waals surface area contributed by atoms with E-state index in [-0.39, 0.29) is 17.4 Å². The molecule has 2 N–H and O–H groups in total. The molecule has 24 heavy (non-hydrogen) atoms. The molecule has 1 aromatic heterocycles. The van der Waals surface area contributed by atoms with Gasteiger partial charge in [0.2, 0.25) is 11.8 Å². The molecule has 0 unspecified atom stereocenters. The second kappa shape index (κ2) is 7.43. The predicted octanol–water partition coefficient (Wildman–Crippen LogP) is 1.73. The summed E-state index contributed by atoms with van der Waals surface area (Å²) in [5.74, 6) is 1.04. The number of nitrogens with zero attached hydrogens (tertiary/aromatic N) is 2. The number of benzene rings is 1. The minimum atomic E-state index is -3.89. The van der Waals surface area contributed by atoms with Gasteiger partial charge < -0.3 is 9.73 Å². The third-order valence-electron chi connectivity index (χ3n) is 3.16. The van der Waals surface area contributed by atoms with E-state index in [1.54, 1.807) is 12.1 Å². The van der Waals surface area contributed by atoms with Crippen LogP contribution in [0.3, 0.4) is 0 Å². The number of hydrogen-bond donors (Lipinski definition) is 2. The Kier molecular flexibility index (Phi) is 5.55. The van der Waals surface area contributed by atoms with E-state index in [4.69, 9.17) is 4.42 Å². The van der Waals surface area contributed by atoms with Crippen LogP contribution in [0.4, 0.5) is 4.79 Å². The van der Waals surface area contributed by atoms with Gasteiger partial charge in [0.25, 0.3) is 10.0 Å². The second-order valence-corrected chi connectivity index (χ2v) is 7.30. The van der Waals surface area contributed by atoms with Crippen LogP contribution in [-0.2, 0) is 16.4 Å². The summed E-state index contributed by atoms with van der Waals surface area (Å²) in [4.78, 5) is 11.8. The van der Waals surface area contributed by atoms with E-state index in [1.807, 2.05) is 25.5 Å². The molecule has 2 rings (SSSR count). The number of nitrogens with one attached hydrogen (secondary N) is 2. The second-order valence-electron chi connectivity index (χ2n) is 5.61. The van der Waals surface area contributed by atoms with Gasteiger partial charge >= 0.3 is 6.03 Å². The van der Waals surface area contributed by atoms with Gasteiger partial charge in [0, 0.05) is 18.9 Å². The summed E-state index contributed by atoms with van der Waals surface area (Å²) in [5, 5.41) is 10.2. The number of aromatic nitrogens is 2. The first-order valence-corrected chi connectivity index (χ1v) is 8.96. The summed E-state index contributed by atoms with van der Waals surface area (Å²) >= 11 is 0. The van der Waals surface area contributed by atoms with Gasteiger partial charge in [-0.2, -0.15) is 0 Å². The monoisotopic (exact) mass is 352 g/mol. The highest BCUT2D eigenvalue weighted by atomic mass is 32.2. The molecule has 9 heteroatoms. The molecule has 0 bridgehead atoms. The number of rotatable bonds is 6. The molecule has 0 aliphatic carbocycles. The van der Waals surface area contributed by atoms with Crippen LogP contribution in [0.2, 0.25) is 0 Å². The molecule has 0 saturated carbocycles. The van der Waals surface area contributed by atoms with Crippen molar-refractivity contribution in [3.63, 3.8) is 0 Å². The summed E-state index contributed by atoms with van der Waals surface area (Å²) < 4.78 is 31.5. The smallest absolute Gasteiger partial charge is 0.328 e. The minimum Gasteiger partial charge on any atom is -0.425 e. The molecule has 0 saturated heterocycles. The van der Waals surface area contributed by atoms with Crippen molar-refractivity contribution in [1.82, 2.24) is 20.2 Å². The average Bonchev–Trinajstić information content (AvgIpc) is 2.96. The number of sulfonamides is 1. The first-order valence-electron chi connectivity index (χ1n) is 7.47. The summed E-state index contributed by atoms with van der Waals surface area (Å²) in [6.07, 6.45) is 0.317. The normalized spacial score (nSPS) is 11.5. The first-order chi connectivity index (χ1) is 11.3. The molecule has 0 radical (unpaired) electrons. The van der Waals surface area contributed by atoms with Crippen LogP contribution in [0, 0.1) is 6.92 Å². The quantitative estimate of drug-likeness (QED) is 0.818. The lowest BCUT2D eigenvalue weighted by atomic mass is 10.2. The lowest BCUT2D eigenvalue weighted by Gasteiger charge is -2.08. The van der Waals surface area contributed by atoms with Crippen LogP contribution in [0.1, 0.15) is 37.1 Å². The fourth-order valence-corrected chi connectivity index (χ4v) is 2.75. The number of aryl methyl sites for hydroxylation is 1. The van der Waals surface area contributed by atoms with E-state index in [9.17, 15) is 13.2 Å². The lowest BCUT2D eigenvalue weighted by molar-refractivity contribution is 0.245. The van der Waals surface area contributed by atoms with Gasteiger partial charge in [-0.15, -0.1) is 10.2 Å². The fourth-order valence-electron chi connectivity index (χ4n) is 1.82. The number of carbonyl (C=O) groups is 1. The molecule has 1 aromatic carbocycles. The predicted molar refractivity (Wildman–Crippen MR) is 87.0 cm³/mol. The molecule has 0 fully saturated rings. The SMILES string of the molecule is Cc1ccc(S(=O)(=O)NC(=O)NCCc2nnc(C(C)C)o2)cc1. The maximum Gasteiger partial charge on any atom is 0.328 e. The van der Waals surface area contributed by atoms with Crippen molar-refractivity contribution < 1.29 is 17.6 Å². The lowest BCUT2D eigenvalue weighted by Crippen LogP contribution is -2.40. The molecule has 130 valence electrons. The van der Waals surface area contributed by atoms with E-state index in [1.165, 1.54) is 12.1 Å². The molecule has 0 aliphatic rings. The van der Waals surface area contributed by atoms with Gasteiger partial charge in [-0.1, -0.05) is 31.5 Å². The van der Waals surface area contributed by atoms with E-state index in [2.05, 4.69) is 15.5 Å². The third kappa shape index (κ3) is 4.79. The van der Waals surface area contributed by atoms with Crippen LogP contribution in [-0.4, -0.2) is 31.2 Å². The van der Waals surface area contributed by atoms with Crippen LogP contribution >= 0.6 is 0 Å². The minimum absolute atomic E-state index is 0.0294. The van der Waals surface area contributed by atoms with Crippen LogP contribution in [0.15, 0.2) is 33.6 Å². The van der Waals surface area contributed by atoms with E-state index >= 15 is 0 Å². The van der Waals surface area contributed by atoms with Gasteiger partial charge in [0.05, 0.1) is 4.90 Å². The highest BCUT2D eigenvalue weighted by Gasteiger charge is 2.17. The number of carbonyl (C=O) groups excluding carboxylic acids is 1.